The van der Waals surface area contributed by atoms with Gasteiger partial charge in [-0.1, -0.05) is 30.3 Å². The number of benzene rings is 1. The summed E-state index contributed by atoms with van der Waals surface area (Å²) in [6, 6.07) is 9.52. The lowest BCUT2D eigenvalue weighted by Crippen LogP contribution is -2.37. The number of carbonyl (C=O) groups is 1. The summed E-state index contributed by atoms with van der Waals surface area (Å²) in [6.07, 6.45) is 0.721. The minimum atomic E-state index is -0.193. The van der Waals surface area contributed by atoms with Gasteiger partial charge in [0.2, 0.25) is 0 Å². The summed E-state index contributed by atoms with van der Waals surface area (Å²) in [5.41, 5.74) is 6.18. The number of hydrogen-bond donors (Lipinski definition) is 5. The van der Waals surface area contributed by atoms with Crippen LogP contribution in [0.3, 0.4) is 0 Å². The van der Waals surface area contributed by atoms with Crippen LogP contribution in [0.15, 0.2) is 30.3 Å². The largest absolute Gasteiger partial charge is 0.370 e. The molecule has 98 valence electrons. The SMILES string of the molecule is N=C(N)NCCCNC(=O)NCc1ccccc1. The molecule has 0 saturated carbocycles. The topological polar surface area (TPSA) is 103 Å². The van der Waals surface area contributed by atoms with Crippen molar-refractivity contribution in [3.05, 3.63) is 35.9 Å². The van der Waals surface area contributed by atoms with Crippen LogP contribution in [0.1, 0.15) is 12.0 Å². The number of carbonyl (C=O) groups excluding carboxylic acids is 1. The van der Waals surface area contributed by atoms with Crippen LogP contribution in [0.5, 0.6) is 0 Å². The minimum Gasteiger partial charge on any atom is -0.370 e. The van der Waals surface area contributed by atoms with Crippen molar-refractivity contribution in [1.29, 1.82) is 5.41 Å². The maximum absolute atomic E-state index is 11.4. The first-order valence-corrected chi connectivity index (χ1v) is 5.82. The zero-order valence-corrected chi connectivity index (χ0v) is 10.2. The Bertz CT molecular complexity index is 379. The standard InChI is InChI=1S/C12H19N5O/c13-11(14)15-7-4-8-16-12(18)17-9-10-5-2-1-3-6-10/h1-3,5-6H,4,7-9H2,(H4,13,14,15)(H2,16,17,18). The van der Waals surface area contributed by atoms with Crippen molar-refractivity contribution < 1.29 is 4.79 Å². The molecule has 0 aliphatic rings. The Labute approximate surface area is 106 Å². The van der Waals surface area contributed by atoms with Gasteiger partial charge in [-0.05, 0) is 12.0 Å². The van der Waals surface area contributed by atoms with E-state index in [1.165, 1.54) is 0 Å². The van der Waals surface area contributed by atoms with Gasteiger partial charge in [0.15, 0.2) is 5.96 Å². The molecule has 2 amide bonds. The van der Waals surface area contributed by atoms with E-state index in [1.54, 1.807) is 0 Å². The summed E-state index contributed by atoms with van der Waals surface area (Å²) >= 11 is 0. The van der Waals surface area contributed by atoms with E-state index in [-0.39, 0.29) is 12.0 Å². The molecule has 1 aromatic rings. The van der Waals surface area contributed by atoms with Crippen molar-refractivity contribution >= 4 is 12.0 Å². The second-order valence-electron chi connectivity index (χ2n) is 3.79. The quantitative estimate of drug-likeness (QED) is 0.286. The molecule has 0 unspecified atom stereocenters. The average Bonchev–Trinajstić information content (AvgIpc) is 2.37. The van der Waals surface area contributed by atoms with Gasteiger partial charge < -0.3 is 21.7 Å². The number of rotatable bonds is 6. The molecule has 0 radical (unpaired) electrons. The van der Waals surface area contributed by atoms with Crippen LogP contribution in [-0.2, 0) is 6.54 Å². The Balaban J connectivity index is 2.06. The Morgan fingerprint density at radius 2 is 1.78 bits per heavy atom. The highest BCUT2D eigenvalue weighted by atomic mass is 16.2. The predicted molar refractivity (Wildman–Crippen MR) is 71.2 cm³/mol. The van der Waals surface area contributed by atoms with E-state index >= 15 is 0 Å². The summed E-state index contributed by atoms with van der Waals surface area (Å²) in [4.78, 5) is 11.4. The lowest BCUT2D eigenvalue weighted by molar-refractivity contribution is 0.240. The summed E-state index contributed by atoms with van der Waals surface area (Å²) in [6.45, 7) is 1.63. The Kier molecular flexibility index (Phi) is 6.10. The van der Waals surface area contributed by atoms with Gasteiger partial charge in [-0.3, -0.25) is 5.41 Å². The second-order valence-corrected chi connectivity index (χ2v) is 3.79. The van der Waals surface area contributed by atoms with Crippen LogP contribution in [0.25, 0.3) is 0 Å². The molecule has 0 bridgehead atoms. The van der Waals surface area contributed by atoms with Crippen molar-refractivity contribution in [2.45, 2.75) is 13.0 Å². The molecule has 0 aliphatic heterocycles. The first-order valence-electron chi connectivity index (χ1n) is 5.82. The number of urea groups is 1. The number of guanidine groups is 1. The van der Waals surface area contributed by atoms with Crippen molar-refractivity contribution in [2.75, 3.05) is 13.1 Å². The third kappa shape index (κ3) is 6.37. The van der Waals surface area contributed by atoms with Crippen molar-refractivity contribution in [3.63, 3.8) is 0 Å². The number of amides is 2. The summed E-state index contributed by atoms with van der Waals surface area (Å²) in [5.74, 6) is -0.0523. The van der Waals surface area contributed by atoms with Crippen molar-refractivity contribution in [2.24, 2.45) is 5.73 Å². The predicted octanol–water partition coefficient (Wildman–Crippen LogP) is 0.359. The van der Waals surface area contributed by atoms with E-state index in [1.807, 2.05) is 30.3 Å². The lowest BCUT2D eigenvalue weighted by atomic mass is 10.2. The Morgan fingerprint density at radius 3 is 2.44 bits per heavy atom. The highest BCUT2D eigenvalue weighted by Gasteiger charge is 1.99. The van der Waals surface area contributed by atoms with Gasteiger partial charge in [0.1, 0.15) is 0 Å². The summed E-state index contributed by atoms with van der Waals surface area (Å²) < 4.78 is 0. The molecule has 0 atom stereocenters. The fourth-order valence-corrected chi connectivity index (χ4v) is 1.35. The number of hydrogen-bond acceptors (Lipinski definition) is 2. The molecule has 0 spiro atoms. The van der Waals surface area contributed by atoms with Crippen LogP contribution < -0.4 is 21.7 Å². The molecule has 6 nitrogen and oxygen atoms in total. The third-order valence-corrected chi connectivity index (χ3v) is 2.25. The molecule has 0 aromatic heterocycles. The zero-order chi connectivity index (χ0) is 13.2. The van der Waals surface area contributed by atoms with Gasteiger partial charge in [-0.15, -0.1) is 0 Å². The molecular weight excluding hydrogens is 230 g/mol. The van der Waals surface area contributed by atoms with Crippen LogP contribution in [0, 0.1) is 5.41 Å². The van der Waals surface area contributed by atoms with Crippen LogP contribution in [0.2, 0.25) is 0 Å². The molecule has 1 aromatic carbocycles. The normalized spacial score (nSPS) is 9.56. The molecule has 0 aliphatic carbocycles. The monoisotopic (exact) mass is 249 g/mol. The molecule has 0 saturated heterocycles. The van der Waals surface area contributed by atoms with Crippen LogP contribution in [0.4, 0.5) is 4.79 Å². The van der Waals surface area contributed by atoms with Gasteiger partial charge in [0.05, 0.1) is 0 Å². The molecule has 1 rings (SSSR count). The van der Waals surface area contributed by atoms with Gasteiger partial charge >= 0.3 is 6.03 Å². The third-order valence-electron chi connectivity index (χ3n) is 2.25. The summed E-state index contributed by atoms with van der Waals surface area (Å²) in [5, 5.41) is 15.1. The highest BCUT2D eigenvalue weighted by Crippen LogP contribution is 1.96. The Morgan fingerprint density at radius 1 is 1.11 bits per heavy atom. The van der Waals surface area contributed by atoms with E-state index in [0.29, 0.717) is 19.6 Å². The second kappa shape index (κ2) is 7.94. The van der Waals surface area contributed by atoms with Crippen molar-refractivity contribution in [1.82, 2.24) is 16.0 Å². The van der Waals surface area contributed by atoms with Gasteiger partial charge in [0.25, 0.3) is 0 Å². The van der Waals surface area contributed by atoms with Gasteiger partial charge in [-0.2, -0.15) is 0 Å². The summed E-state index contributed by atoms with van der Waals surface area (Å²) in [7, 11) is 0. The van der Waals surface area contributed by atoms with E-state index < -0.39 is 0 Å². The average molecular weight is 249 g/mol. The molecule has 6 N–H and O–H groups in total. The maximum atomic E-state index is 11.4. The number of nitrogens with one attached hydrogen (secondary N) is 4. The lowest BCUT2D eigenvalue weighted by Gasteiger charge is -2.08. The van der Waals surface area contributed by atoms with Gasteiger partial charge in [-0.25, -0.2) is 4.79 Å². The number of nitrogens with two attached hydrogens (primary N) is 1. The fourth-order valence-electron chi connectivity index (χ4n) is 1.35. The van der Waals surface area contributed by atoms with E-state index in [9.17, 15) is 4.79 Å². The zero-order valence-electron chi connectivity index (χ0n) is 10.2. The molecule has 0 heterocycles. The highest BCUT2D eigenvalue weighted by molar-refractivity contribution is 5.74. The van der Waals surface area contributed by atoms with E-state index in [0.717, 1.165) is 12.0 Å². The smallest absolute Gasteiger partial charge is 0.315 e. The molecule has 0 fully saturated rings. The van der Waals surface area contributed by atoms with Crippen LogP contribution in [-0.4, -0.2) is 25.1 Å². The van der Waals surface area contributed by atoms with E-state index in [2.05, 4.69) is 16.0 Å². The van der Waals surface area contributed by atoms with Crippen molar-refractivity contribution in [3.8, 4) is 0 Å². The maximum Gasteiger partial charge on any atom is 0.315 e. The fraction of sp³-hybridized carbons (Fsp3) is 0.333. The first kappa shape index (κ1) is 13.8. The van der Waals surface area contributed by atoms with Gasteiger partial charge in [0, 0.05) is 19.6 Å². The minimum absolute atomic E-state index is 0.0523. The Hall–Kier alpha value is -2.24. The molecular formula is C12H19N5O. The molecule has 18 heavy (non-hydrogen) atoms. The first-order chi connectivity index (χ1) is 8.68. The van der Waals surface area contributed by atoms with E-state index in [4.69, 9.17) is 11.1 Å². The van der Waals surface area contributed by atoms with Crippen LogP contribution >= 0.6 is 0 Å². The molecule has 6 heteroatoms.